The highest BCUT2D eigenvalue weighted by molar-refractivity contribution is 5.73. The number of carboxylic acid groups (broad SMARTS) is 3. The number of likely N-dealkylation sites (N-methyl/N-ethyl adjacent to an activating group) is 1. The van der Waals surface area contributed by atoms with Crippen LogP contribution in [0.5, 0.6) is 0 Å². The maximum absolute atomic E-state index is 12.3. The van der Waals surface area contributed by atoms with Crippen LogP contribution in [0.4, 0.5) is 0 Å². The minimum absolute atomic E-state index is 0.0857. The molecule has 0 bridgehead atoms. The third-order valence-electron chi connectivity index (χ3n) is 7.11. The first-order chi connectivity index (χ1) is 15.8. The number of hydrogen-bond donors (Lipinski definition) is 3. The molecule has 1 saturated heterocycles. The van der Waals surface area contributed by atoms with Gasteiger partial charge in [0, 0.05) is 52.4 Å². The molecule has 2 unspecified atom stereocenters. The molecular formula is C24H46N4O6. The molecule has 2 atom stereocenters. The van der Waals surface area contributed by atoms with Gasteiger partial charge < -0.3 is 20.2 Å². The first kappa shape index (κ1) is 30.3. The number of carbonyl (C=O) groups is 3. The molecule has 0 amide bonds. The first-order valence-electron chi connectivity index (χ1n) is 12.4. The van der Waals surface area contributed by atoms with Crippen LogP contribution in [0, 0.1) is 11.3 Å². The normalized spacial score (nSPS) is 20.7. The van der Waals surface area contributed by atoms with E-state index in [1.165, 1.54) is 0 Å². The van der Waals surface area contributed by atoms with Gasteiger partial charge >= 0.3 is 17.9 Å². The fraction of sp³-hybridized carbons (Fsp3) is 0.875. The highest BCUT2D eigenvalue weighted by Crippen LogP contribution is 2.30. The largest absolute Gasteiger partial charge is 0.480 e. The van der Waals surface area contributed by atoms with Crippen LogP contribution in [0.15, 0.2) is 0 Å². The Morgan fingerprint density at radius 1 is 0.735 bits per heavy atom. The Labute approximate surface area is 204 Å². The van der Waals surface area contributed by atoms with Gasteiger partial charge in [-0.25, -0.2) is 0 Å². The fourth-order valence-electron chi connectivity index (χ4n) is 4.18. The van der Waals surface area contributed by atoms with Gasteiger partial charge in [0.05, 0.1) is 13.1 Å². The molecule has 1 aliphatic heterocycles. The average Bonchev–Trinajstić information content (AvgIpc) is 2.71. The summed E-state index contributed by atoms with van der Waals surface area (Å²) in [5.74, 6) is -2.32. The van der Waals surface area contributed by atoms with Crippen molar-refractivity contribution in [1.29, 1.82) is 0 Å². The van der Waals surface area contributed by atoms with E-state index in [-0.39, 0.29) is 18.5 Å². The molecule has 0 aromatic heterocycles. The fourth-order valence-corrected chi connectivity index (χ4v) is 4.18. The SMILES string of the molecule is CCN1CCN(CC(=O)O)CCN(CC(=O)O)CCN(C(CCC(C)C(C)(C)C)C(=O)O)CC1. The molecule has 0 saturated carbocycles. The summed E-state index contributed by atoms with van der Waals surface area (Å²) in [6.45, 7) is 15.5. The van der Waals surface area contributed by atoms with E-state index in [0.717, 1.165) is 13.0 Å². The van der Waals surface area contributed by atoms with Crippen LogP contribution < -0.4 is 0 Å². The summed E-state index contributed by atoms with van der Waals surface area (Å²) in [4.78, 5) is 42.8. The molecule has 10 nitrogen and oxygen atoms in total. The Hall–Kier alpha value is -1.75. The van der Waals surface area contributed by atoms with Crippen LogP contribution in [0.1, 0.15) is 47.5 Å². The van der Waals surface area contributed by atoms with E-state index in [2.05, 4.69) is 32.6 Å². The number of rotatable bonds is 10. The zero-order valence-corrected chi connectivity index (χ0v) is 21.7. The molecule has 0 aromatic carbocycles. The third kappa shape index (κ3) is 11.6. The lowest BCUT2D eigenvalue weighted by molar-refractivity contribution is -0.144. The van der Waals surface area contributed by atoms with Gasteiger partial charge in [-0.15, -0.1) is 0 Å². The van der Waals surface area contributed by atoms with Gasteiger partial charge in [-0.05, 0) is 30.7 Å². The van der Waals surface area contributed by atoms with Gasteiger partial charge in [0.2, 0.25) is 0 Å². The van der Waals surface area contributed by atoms with Crippen LogP contribution in [0.2, 0.25) is 0 Å². The molecule has 3 N–H and O–H groups in total. The van der Waals surface area contributed by atoms with Crippen molar-refractivity contribution < 1.29 is 29.7 Å². The van der Waals surface area contributed by atoms with E-state index in [0.29, 0.717) is 64.7 Å². The minimum Gasteiger partial charge on any atom is -0.480 e. The molecule has 1 fully saturated rings. The Morgan fingerprint density at radius 2 is 1.15 bits per heavy atom. The predicted octanol–water partition coefficient (Wildman–Crippen LogP) is 1.31. The lowest BCUT2D eigenvalue weighted by Crippen LogP contribution is -2.51. The number of nitrogens with zero attached hydrogens (tertiary/aromatic N) is 4. The molecular weight excluding hydrogens is 440 g/mol. The monoisotopic (exact) mass is 486 g/mol. The molecule has 0 aliphatic carbocycles. The summed E-state index contributed by atoms with van der Waals surface area (Å²) in [6.07, 6.45) is 1.35. The van der Waals surface area contributed by atoms with Crippen molar-refractivity contribution in [3.05, 3.63) is 0 Å². The maximum atomic E-state index is 12.3. The van der Waals surface area contributed by atoms with Gasteiger partial charge in [-0.2, -0.15) is 0 Å². The van der Waals surface area contributed by atoms with Crippen molar-refractivity contribution in [2.45, 2.75) is 53.5 Å². The summed E-state index contributed by atoms with van der Waals surface area (Å²) < 4.78 is 0. The van der Waals surface area contributed by atoms with Crippen molar-refractivity contribution >= 4 is 17.9 Å². The van der Waals surface area contributed by atoms with E-state index in [1.54, 1.807) is 4.90 Å². The number of aliphatic carboxylic acids is 3. The Balaban J connectivity index is 3.04. The average molecular weight is 487 g/mol. The summed E-state index contributed by atoms with van der Waals surface area (Å²) in [6, 6.07) is -0.623. The zero-order valence-electron chi connectivity index (χ0n) is 21.7. The van der Waals surface area contributed by atoms with Gasteiger partial charge in [0.15, 0.2) is 0 Å². The molecule has 1 rings (SSSR count). The van der Waals surface area contributed by atoms with E-state index in [1.807, 2.05) is 16.7 Å². The molecule has 0 aromatic rings. The van der Waals surface area contributed by atoms with Gasteiger partial charge in [0.1, 0.15) is 6.04 Å². The highest BCUT2D eigenvalue weighted by atomic mass is 16.4. The lowest BCUT2D eigenvalue weighted by Gasteiger charge is -2.36. The molecule has 198 valence electrons. The summed E-state index contributed by atoms with van der Waals surface area (Å²) >= 11 is 0. The smallest absolute Gasteiger partial charge is 0.320 e. The number of hydrogen-bond acceptors (Lipinski definition) is 7. The molecule has 1 heterocycles. The van der Waals surface area contributed by atoms with Gasteiger partial charge in [-0.1, -0.05) is 34.6 Å². The summed E-state index contributed by atoms with van der Waals surface area (Å²) in [5, 5.41) is 28.7. The topological polar surface area (TPSA) is 125 Å². The van der Waals surface area contributed by atoms with Crippen molar-refractivity contribution in [3.8, 4) is 0 Å². The Kier molecular flexibility index (Phi) is 13.0. The van der Waals surface area contributed by atoms with E-state index in [9.17, 15) is 29.7 Å². The third-order valence-corrected chi connectivity index (χ3v) is 7.11. The van der Waals surface area contributed by atoms with E-state index >= 15 is 0 Å². The second kappa shape index (κ2) is 14.6. The molecule has 10 heteroatoms. The molecule has 0 spiro atoms. The van der Waals surface area contributed by atoms with Crippen LogP contribution >= 0.6 is 0 Å². The molecule has 34 heavy (non-hydrogen) atoms. The van der Waals surface area contributed by atoms with Crippen LogP contribution in [0.25, 0.3) is 0 Å². The quantitative estimate of drug-likeness (QED) is 0.416. The second-order valence-electron chi connectivity index (χ2n) is 10.5. The summed E-state index contributed by atoms with van der Waals surface area (Å²) in [5.41, 5.74) is 0.101. The van der Waals surface area contributed by atoms with Gasteiger partial charge in [0.25, 0.3) is 0 Å². The van der Waals surface area contributed by atoms with Crippen LogP contribution in [0.3, 0.4) is 0 Å². The highest BCUT2D eigenvalue weighted by Gasteiger charge is 2.29. The van der Waals surface area contributed by atoms with Gasteiger partial charge in [-0.3, -0.25) is 29.1 Å². The minimum atomic E-state index is -0.950. The van der Waals surface area contributed by atoms with E-state index < -0.39 is 23.9 Å². The first-order valence-corrected chi connectivity index (χ1v) is 12.4. The zero-order chi connectivity index (χ0) is 25.9. The Bertz CT molecular complexity index is 654. The van der Waals surface area contributed by atoms with Crippen LogP contribution in [-0.4, -0.2) is 131 Å². The van der Waals surface area contributed by atoms with Crippen molar-refractivity contribution in [3.63, 3.8) is 0 Å². The number of carboxylic acids is 3. The van der Waals surface area contributed by atoms with Crippen molar-refractivity contribution in [2.75, 3.05) is 72.0 Å². The molecule has 0 radical (unpaired) electrons. The molecule has 1 aliphatic rings. The van der Waals surface area contributed by atoms with Crippen molar-refractivity contribution in [1.82, 2.24) is 19.6 Å². The van der Waals surface area contributed by atoms with Crippen LogP contribution in [-0.2, 0) is 14.4 Å². The van der Waals surface area contributed by atoms with E-state index in [4.69, 9.17) is 0 Å². The predicted molar refractivity (Wildman–Crippen MR) is 131 cm³/mol. The maximum Gasteiger partial charge on any atom is 0.320 e. The second-order valence-corrected chi connectivity index (χ2v) is 10.5. The Morgan fingerprint density at radius 3 is 1.53 bits per heavy atom. The van der Waals surface area contributed by atoms with Crippen molar-refractivity contribution in [2.24, 2.45) is 11.3 Å². The summed E-state index contributed by atoms with van der Waals surface area (Å²) in [7, 11) is 0. The standard InChI is InChI=1S/C24H46N4O6/c1-6-25-9-10-26(17-21(29)30)11-12-27(18-22(31)32)14-16-28(15-13-25)20(23(33)34)8-7-19(2)24(3,4)5/h19-20H,6-18H2,1-5H3,(H,29,30)(H,31,32)(H,33,34). The lowest BCUT2D eigenvalue weighted by atomic mass is 9.79.